The molecule has 0 radical (unpaired) electrons. The molecule has 0 saturated carbocycles. The lowest BCUT2D eigenvalue weighted by atomic mass is 9.81. The van der Waals surface area contributed by atoms with Crippen molar-refractivity contribution in [2.75, 3.05) is 27.2 Å². The van der Waals surface area contributed by atoms with Gasteiger partial charge in [-0.25, -0.2) is 0 Å². The van der Waals surface area contributed by atoms with Crippen molar-refractivity contribution in [3.05, 3.63) is 0 Å². The van der Waals surface area contributed by atoms with Gasteiger partial charge in [-0.15, -0.1) is 6.42 Å². The lowest BCUT2D eigenvalue weighted by Crippen LogP contribution is -2.71. The second-order valence-electron chi connectivity index (χ2n) is 5.85. The van der Waals surface area contributed by atoms with Gasteiger partial charge in [0.2, 0.25) is 0 Å². The summed E-state index contributed by atoms with van der Waals surface area (Å²) < 4.78 is 5.20. The first-order chi connectivity index (χ1) is 8.38. The number of terminal acetylenes is 1. The molecular weight excluding hydrogens is 249 g/mol. The van der Waals surface area contributed by atoms with Gasteiger partial charge in [-0.05, 0) is 26.6 Å². The minimum absolute atomic E-state index is 0.0984. The summed E-state index contributed by atoms with van der Waals surface area (Å²) in [6.07, 6.45) is 5.24. The van der Waals surface area contributed by atoms with Crippen LogP contribution in [-0.2, 0) is 9.45 Å². The second-order valence-corrected chi connectivity index (χ2v) is 5.85. The fourth-order valence-corrected chi connectivity index (χ4v) is 1.93. The van der Waals surface area contributed by atoms with Crippen LogP contribution in [0.15, 0.2) is 0 Å². The molecule has 0 rings (SSSR count). The van der Waals surface area contributed by atoms with Gasteiger partial charge in [-0.3, -0.25) is 0 Å². The molecule has 0 saturated heterocycles. The third kappa shape index (κ3) is 4.51. The van der Waals surface area contributed by atoms with Crippen molar-refractivity contribution in [1.29, 1.82) is 0 Å². The van der Waals surface area contributed by atoms with Crippen LogP contribution in [0.2, 0.25) is 6.82 Å². The second kappa shape index (κ2) is 5.93. The van der Waals surface area contributed by atoms with Gasteiger partial charge in [0.05, 0.1) is 25.7 Å². The summed E-state index contributed by atoms with van der Waals surface area (Å²) in [4.78, 5) is 11.5. The first-order valence-electron chi connectivity index (χ1n) is 5.93. The third-order valence-electron chi connectivity index (χ3n) is 2.86. The number of nitrogens with zero attached hydrogens (tertiary/aromatic N) is 1. The van der Waals surface area contributed by atoms with Crippen LogP contribution >= 0.6 is 0 Å². The van der Waals surface area contributed by atoms with Gasteiger partial charge >= 0.3 is 7.12 Å². The Hall–Kier alpha value is -1.07. The molecule has 1 atom stereocenters. The molecule has 0 aliphatic heterocycles. The molecule has 0 amide bonds. The molecule has 19 heavy (non-hydrogen) atoms. The van der Waals surface area contributed by atoms with Gasteiger partial charge in [0, 0.05) is 0 Å². The van der Waals surface area contributed by atoms with Crippen LogP contribution in [-0.4, -0.2) is 66.1 Å². The molecule has 108 valence electrons. The van der Waals surface area contributed by atoms with E-state index in [1.807, 2.05) is 0 Å². The number of carbonyl (C=O) groups is 1. The third-order valence-corrected chi connectivity index (χ3v) is 2.86. The molecule has 0 aromatic rings. The molecule has 0 heterocycles. The van der Waals surface area contributed by atoms with E-state index < -0.39 is 24.3 Å². The normalized spacial score (nSPS) is 15.5. The lowest BCUT2D eigenvalue weighted by molar-refractivity contribution is -0.889. The highest BCUT2D eigenvalue weighted by molar-refractivity contribution is 6.41. The highest BCUT2D eigenvalue weighted by atomic mass is 16.6. The van der Waals surface area contributed by atoms with E-state index in [2.05, 4.69) is 5.92 Å². The minimum Gasteiger partial charge on any atom is -0.547 e. The van der Waals surface area contributed by atoms with E-state index in [9.17, 15) is 20.0 Å². The summed E-state index contributed by atoms with van der Waals surface area (Å²) in [5.41, 5.74) is -3.82. The quantitative estimate of drug-likeness (QED) is 0.320. The van der Waals surface area contributed by atoms with Gasteiger partial charge in [-0.1, -0.05) is 0 Å². The summed E-state index contributed by atoms with van der Waals surface area (Å²) in [5, 5.41) is 31.0. The van der Waals surface area contributed by atoms with Crippen molar-refractivity contribution >= 4 is 13.1 Å². The number of carboxylic acids is 1. The Balaban J connectivity index is 5.62. The molecule has 6 nitrogen and oxygen atoms in total. The fourth-order valence-electron chi connectivity index (χ4n) is 1.93. The number of aliphatic carboxylic acids is 1. The topological polar surface area (TPSA) is 89.8 Å². The molecule has 7 heteroatoms. The number of aliphatic hydroxyl groups is 1. The number of likely N-dealkylation sites (N-methyl/N-ethyl adjacent to an activating group) is 1. The maximum Gasteiger partial charge on any atom is 0.451 e. The maximum atomic E-state index is 11.5. The van der Waals surface area contributed by atoms with Crippen LogP contribution in [0, 0.1) is 12.3 Å². The molecular formula is C12H22BNO5. The SMILES string of the molecule is C#CC[N+](C)(C)CC(OB(C)O)(C(=O)[O-])C(C)(C)O. The van der Waals surface area contributed by atoms with E-state index in [0.717, 1.165) is 0 Å². The lowest BCUT2D eigenvalue weighted by Gasteiger charge is -2.47. The van der Waals surface area contributed by atoms with E-state index in [-0.39, 0.29) is 17.6 Å². The molecule has 0 spiro atoms. The smallest absolute Gasteiger partial charge is 0.451 e. The predicted molar refractivity (Wildman–Crippen MR) is 69.6 cm³/mol. The highest BCUT2D eigenvalue weighted by Gasteiger charge is 2.52. The van der Waals surface area contributed by atoms with Crippen molar-refractivity contribution in [3.8, 4) is 12.3 Å². The Kier molecular flexibility index (Phi) is 5.59. The van der Waals surface area contributed by atoms with E-state index in [1.54, 1.807) is 14.1 Å². The molecule has 0 bridgehead atoms. The van der Waals surface area contributed by atoms with Gasteiger partial charge in [0.1, 0.15) is 13.1 Å². The van der Waals surface area contributed by atoms with Gasteiger partial charge in [0.15, 0.2) is 5.60 Å². The van der Waals surface area contributed by atoms with Crippen molar-refractivity contribution in [1.82, 2.24) is 0 Å². The summed E-state index contributed by atoms with van der Waals surface area (Å²) in [5.74, 6) is 0.840. The van der Waals surface area contributed by atoms with E-state index in [1.165, 1.54) is 20.7 Å². The average Bonchev–Trinajstić information content (AvgIpc) is 2.12. The molecule has 1 unspecified atom stereocenters. The molecule has 0 aliphatic carbocycles. The van der Waals surface area contributed by atoms with Crippen LogP contribution in [0.5, 0.6) is 0 Å². The Morgan fingerprint density at radius 1 is 1.53 bits per heavy atom. The zero-order valence-corrected chi connectivity index (χ0v) is 12.1. The van der Waals surface area contributed by atoms with Crippen LogP contribution in [0.3, 0.4) is 0 Å². The van der Waals surface area contributed by atoms with Crippen LogP contribution in [0.1, 0.15) is 13.8 Å². The number of rotatable bonds is 7. The van der Waals surface area contributed by atoms with Crippen LogP contribution < -0.4 is 5.11 Å². The molecule has 0 fully saturated rings. The highest BCUT2D eigenvalue weighted by Crippen LogP contribution is 2.29. The number of hydrogen-bond acceptors (Lipinski definition) is 5. The standard InChI is InChI=1S/C12H22BNO5/c1-7-8-14(5,6)9-12(10(15)16,11(2,3)17)19-13(4)18/h1,17-18H,8-9H2,2-6H3. The van der Waals surface area contributed by atoms with Crippen molar-refractivity contribution in [3.63, 3.8) is 0 Å². The first kappa shape index (κ1) is 17.9. The zero-order valence-electron chi connectivity index (χ0n) is 12.1. The number of carbonyl (C=O) groups excluding carboxylic acids is 1. The summed E-state index contributed by atoms with van der Waals surface area (Å²) >= 11 is 0. The molecule has 2 N–H and O–H groups in total. The first-order valence-corrected chi connectivity index (χ1v) is 5.93. The Bertz CT molecular complexity index is 369. The van der Waals surface area contributed by atoms with Gasteiger partial charge in [-0.2, -0.15) is 0 Å². The predicted octanol–water partition coefficient (Wildman–Crippen LogP) is -1.92. The van der Waals surface area contributed by atoms with Crippen LogP contribution in [0.4, 0.5) is 0 Å². The number of quaternary nitrogens is 1. The summed E-state index contributed by atoms with van der Waals surface area (Å²) in [7, 11) is 2.04. The van der Waals surface area contributed by atoms with Crippen LogP contribution in [0.25, 0.3) is 0 Å². The minimum atomic E-state index is -2.07. The van der Waals surface area contributed by atoms with E-state index >= 15 is 0 Å². The number of hydrogen-bond donors (Lipinski definition) is 2. The zero-order chi connectivity index (χ0) is 15.5. The maximum absolute atomic E-state index is 11.5. The Labute approximate surface area is 114 Å². The van der Waals surface area contributed by atoms with Gasteiger partial charge < -0.3 is 29.2 Å². The van der Waals surface area contributed by atoms with E-state index in [0.29, 0.717) is 0 Å². The monoisotopic (exact) mass is 271 g/mol. The Morgan fingerprint density at radius 3 is 2.26 bits per heavy atom. The van der Waals surface area contributed by atoms with Gasteiger partial charge in [0.25, 0.3) is 0 Å². The molecule has 0 aliphatic rings. The molecule has 0 aromatic carbocycles. The Morgan fingerprint density at radius 2 is 2.00 bits per heavy atom. The van der Waals surface area contributed by atoms with E-state index in [4.69, 9.17) is 11.1 Å². The summed E-state index contributed by atoms with van der Waals surface area (Å²) in [6.45, 7) is 3.95. The van der Waals surface area contributed by atoms with Crippen molar-refractivity contribution < 1.29 is 29.2 Å². The number of carboxylic acid groups (broad SMARTS) is 1. The van der Waals surface area contributed by atoms with Crippen molar-refractivity contribution in [2.45, 2.75) is 31.9 Å². The fraction of sp³-hybridized carbons (Fsp3) is 0.750. The summed E-state index contributed by atoms with van der Waals surface area (Å²) in [6, 6.07) is 0. The average molecular weight is 271 g/mol. The molecule has 0 aromatic heterocycles. The van der Waals surface area contributed by atoms with Crippen molar-refractivity contribution in [2.24, 2.45) is 0 Å². The largest absolute Gasteiger partial charge is 0.547 e.